The summed E-state index contributed by atoms with van der Waals surface area (Å²) in [5, 5.41) is 1.14. The first-order valence-electron chi connectivity index (χ1n) is 6.48. The van der Waals surface area contributed by atoms with E-state index in [4.69, 9.17) is 5.73 Å². The lowest BCUT2D eigenvalue weighted by atomic mass is 9.93. The highest BCUT2D eigenvalue weighted by Crippen LogP contribution is 2.39. The average Bonchev–Trinajstić information content (AvgIpc) is 2.80. The Kier molecular flexibility index (Phi) is 3.41. The number of anilines is 2. The van der Waals surface area contributed by atoms with Crippen molar-refractivity contribution in [1.29, 1.82) is 0 Å². The maximum absolute atomic E-state index is 12.0. The molecular formula is C14H22N2OS. The fourth-order valence-electron chi connectivity index (χ4n) is 2.30. The first-order chi connectivity index (χ1) is 8.30. The summed E-state index contributed by atoms with van der Waals surface area (Å²) in [7, 11) is 0. The Bertz CT molecular complexity index is 462. The van der Waals surface area contributed by atoms with Gasteiger partial charge in [0.15, 0.2) is 5.78 Å². The topological polar surface area (TPSA) is 46.3 Å². The van der Waals surface area contributed by atoms with E-state index >= 15 is 0 Å². The standard InChI is InChI=1S/C14H22N2OS/c1-9(2)12(17)13-10(15)7-11(18-13)16-6-5-14(3,4)8-16/h7,9H,5-6,8,15H2,1-4H3. The van der Waals surface area contributed by atoms with E-state index in [1.165, 1.54) is 6.42 Å². The van der Waals surface area contributed by atoms with Crippen LogP contribution in [0.15, 0.2) is 6.07 Å². The third-order valence-electron chi connectivity index (χ3n) is 3.49. The predicted octanol–water partition coefficient (Wildman–Crippen LogP) is 3.41. The lowest BCUT2D eigenvalue weighted by molar-refractivity contribution is 0.0944. The molecule has 100 valence electrons. The lowest BCUT2D eigenvalue weighted by Crippen LogP contribution is -2.21. The van der Waals surface area contributed by atoms with Gasteiger partial charge in [0.25, 0.3) is 0 Å². The molecule has 0 aliphatic carbocycles. The van der Waals surface area contributed by atoms with Gasteiger partial charge in [-0.05, 0) is 17.9 Å². The molecule has 0 saturated carbocycles. The molecule has 1 aromatic heterocycles. The molecule has 1 aliphatic rings. The zero-order chi connectivity index (χ0) is 13.5. The van der Waals surface area contributed by atoms with Crippen LogP contribution in [0, 0.1) is 11.3 Å². The largest absolute Gasteiger partial charge is 0.397 e. The minimum absolute atomic E-state index is 0.00817. The second-order valence-corrected chi connectivity index (χ2v) is 7.25. The van der Waals surface area contributed by atoms with Crippen molar-refractivity contribution >= 4 is 27.8 Å². The van der Waals surface area contributed by atoms with Gasteiger partial charge in [-0.1, -0.05) is 27.7 Å². The van der Waals surface area contributed by atoms with Gasteiger partial charge < -0.3 is 10.6 Å². The minimum atomic E-state index is 0.00817. The van der Waals surface area contributed by atoms with Gasteiger partial charge in [0.2, 0.25) is 0 Å². The van der Waals surface area contributed by atoms with E-state index in [1.807, 2.05) is 19.9 Å². The van der Waals surface area contributed by atoms with Crippen molar-refractivity contribution < 1.29 is 4.79 Å². The Morgan fingerprint density at radius 2 is 2.17 bits per heavy atom. The third kappa shape index (κ3) is 2.53. The van der Waals surface area contributed by atoms with Crippen LogP contribution >= 0.6 is 11.3 Å². The molecule has 0 radical (unpaired) electrons. The number of thiophene rings is 1. The zero-order valence-electron chi connectivity index (χ0n) is 11.6. The van der Waals surface area contributed by atoms with Crippen LogP contribution in [0.25, 0.3) is 0 Å². The number of nitrogen functional groups attached to an aromatic ring is 1. The number of carbonyl (C=O) groups is 1. The fourth-order valence-corrected chi connectivity index (χ4v) is 3.50. The Balaban J connectivity index is 2.22. The summed E-state index contributed by atoms with van der Waals surface area (Å²) in [5.41, 5.74) is 6.98. The maximum atomic E-state index is 12.0. The molecule has 0 bridgehead atoms. The number of carbonyl (C=O) groups excluding carboxylic acids is 1. The predicted molar refractivity (Wildman–Crippen MR) is 78.5 cm³/mol. The number of hydrogen-bond acceptors (Lipinski definition) is 4. The van der Waals surface area contributed by atoms with Crippen LogP contribution in [-0.2, 0) is 0 Å². The van der Waals surface area contributed by atoms with Crippen molar-refractivity contribution in [2.75, 3.05) is 23.7 Å². The summed E-state index contributed by atoms with van der Waals surface area (Å²) < 4.78 is 0. The second-order valence-electron chi connectivity index (χ2n) is 6.22. The molecule has 1 aliphatic heterocycles. The van der Waals surface area contributed by atoms with E-state index in [0.717, 1.165) is 23.0 Å². The highest BCUT2D eigenvalue weighted by molar-refractivity contribution is 7.18. The monoisotopic (exact) mass is 266 g/mol. The molecule has 1 saturated heterocycles. The minimum Gasteiger partial charge on any atom is -0.397 e. The van der Waals surface area contributed by atoms with Gasteiger partial charge in [0, 0.05) is 19.0 Å². The summed E-state index contributed by atoms with van der Waals surface area (Å²) >= 11 is 1.55. The van der Waals surface area contributed by atoms with Gasteiger partial charge in [-0.25, -0.2) is 0 Å². The molecule has 0 aromatic carbocycles. The maximum Gasteiger partial charge on any atom is 0.177 e. The second kappa shape index (κ2) is 4.57. The summed E-state index contributed by atoms with van der Waals surface area (Å²) in [6.45, 7) is 10.5. The number of nitrogens with two attached hydrogens (primary N) is 1. The quantitative estimate of drug-likeness (QED) is 0.853. The SMILES string of the molecule is CC(C)C(=O)c1sc(N2CCC(C)(C)C2)cc1N. The van der Waals surface area contributed by atoms with E-state index < -0.39 is 0 Å². The Labute approximate surface area is 113 Å². The molecule has 1 aromatic rings. The molecule has 4 heteroatoms. The molecule has 2 heterocycles. The van der Waals surface area contributed by atoms with Gasteiger partial charge in [0.05, 0.1) is 15.6 Å². The average molecular weight is 266 g/mol. The van der Waals surface area contributed by atoms with E-state index in [9.17, 15) is 4.79 Å². The normalized spacial score (nSPS) is 18.6. The fraction of sp³-hybridized carbons (Fsp3) is 0.643. The lowest BCUT2D eigenvalue weighted by Gasteiger charge is -2.19. The van der Waals surface area contributed by atoms with Crippen molar-refractivity contribution in [1.82, 2.24) is 0 Å². The Hall–Kier alpha value is -1.03. The van der Waals surface area contributed by atoms with Crippen LogP contribution in [0.3, 0.4) is 0 Å². The molecular weight excluding hydrogens is 244 g/mol. The van der Waals surface area contributed by atoms with Gasteiger partial charge in [0.1, 0.15) is 0 Å². The highest BCUT2D eigenvalue weighted by Gasteiger charge is 2.31. The van der Waals surface area contributed by atoms with E-state index in [-0.39, 0.29) is 11.7 Å². The van der Waals surface area contributed by atoms with E-state index in [1.54, 1.807) is 11.3 Å². The van der Waals surface area contributed by atoms with Crippen LogP contribution in [-0.4, -0.2) is 18.9 Å². The van der Waals surface area contributed by atoms with E-state index in [0.29, 0.717) is 11.1 Å². The summed E-state index contributed by atoms with van der Waals surface area (Å²) in [6, 6.07) is 1.96. The van der Waals surface area contributed by atoms with Crippen LogP contribution in [0.2, 0.25) is 0 Å². The molecule has 3 nitrogen and oxygen atoms in total. The molecule has 18 heavy (non-hydrogen) atoms. The van der Waals surface area contributed by atoms with Gasteiger partial charge in [-0.3, -0.25) is 4.79 Å². The van der Waals surface area contributed by atoms with Crippen molar-refractivity contribution in [2.24, 2.45) is 11.3 Å². The molecule has 0 spiro atoms. The molecule has 0 atom stereocenters. The molecule has 2 N–H and O–H groups in total. The number of ketones is 1. The van der Waals surface area contributed by atoms with Crippen LogP contribution in [0.4, 0.5) is 10.7 Å². The third-order valence-corrected chi connectivity index (χ3v) is 4.71. The highest BCUT2D eigenvalue weighted by atomic mass is 32.1. The summed E-state index contributed by atoms with van der Waals surface area (Å²) in [4.78, 5) is 15.1. The number of Topliss-reactive ketones (excluding diaryl/α,β-unsaturated/α-hetero) is 1. The molecule has 0 amide bonds. The smallest absolute Gasteiger partial charge is 0.177 e. The van der Waals surface area contributed by atoms with Gasteiger partial charge in [-0.15, -0.1) is 11.3 Å². The molecule has 0 unspecified atom stereocenters. The number of hydrogen-bond donors (Lipinski definition) is 1. The van der Waals surface area contributed by atoms with Gasteiger partial charge in [-0.2, -0.15) is 0 Å². The zero-order valence-corrected chi connectivity index (χ0v) is 12.4. The first-order valence-corrected chi connectivity index (χ1v) is 7.30. The number of nitrogens with zero attached hydrogens (tertiary/aromatic N) is 1. The Morgan fingerprint density at radius 3 is 2.67 bits per heavy atom. The summed E-state index contributed by atoms with van der Waals surface area (Å²) in [6.07, 6.45) is 1.19. The van der Waals surface area contributed by atoms with Crippen molar-refractivity contribution in [2.45, 2.75) is 34.1 Å². The van der Waals surface area contributed by atoms with Crippen LogP contribution < -0.4 is 10.6 Å². The summed E-state index contributed by atoms with van der Waals surface area (Å²) in [5.74, 6) is 0.163. The van der Waals surface area contributed by atoms with E-state index in [2.05, 4.69) is 18.7 Å². The van der Waals surface area contributed by atoms with Crippen LogP contribution in [0.5, 0.6) is 0 Å². The van der Waals surface area contributed by atoms with Crippen molar-refractivity contribution in [3.05, 3.63) is 10.9 Å². The first kappa shape index (κ1) is 13.4. The van der Waals surface area contributed by atoms with Crippen LogP contribution in [0.1, 0.15) is 43.8 Å². The number of rotatable bonds is 3. The van der Waals surface area contributed by atoms with Crippen molar-refractivity contribution in [3.63, 3.8) is 0 Å². The molecule has 2 rings (SSSR count). The molecule has 1 fully saturated rings. The Morgan fingerprint density at radius 1 is 1.50 bits per heavy atom. The van der Waals surface area contributed by atoms with Crippen molar-refractivity contribution in [3.8, 4) is 0 Å². The van der Waals surface area contributed by atoms with Gasteiger partial charge >= 0.3 is 0 Å².